The average molecular weight is 262 g/mol. The minimum atomic E-state index is -0.121. The lowest BCUT2D eigenvalue weighted by Crippen LogP contribution is -2.38. The molecule has 1 aromatic rings. The van der Waals surface area contributed by atoms with Crippen molar-refractivity contribution in [2.24, 2.45) is 5.92 Å². The first-order valence-corrected chi connectivity index (χ1v) is 6.47. The summed E-state index contributed by atoms with van der Waals surface area (Å²) in [5.74, 6) is 0.285. The van der Waals surface area contributed by atoms with E-state index in [0.717, 1.165) is 0 Å². The summed E-state index contributed by atoms with van der Waals surface area (Å²) in [7, 11) is 1.81. The predicted molar refractivity (Wildman–Crippen MR) is 77.1 cm³/mol. The Kier molecular flexibility index (Phi) is 5.10. The van der Waals surface area contributed by atoms with E-state index in [1.54, 1.807) is 29.2 Å². The second kappa shape index (κ2) is 6.36. The summed E-state index contributed by atoms with van der Waals surface area (Å²) in [5, 5.41) is 2.68. The lowest BCUT2D eigenvalue weighted by molar-refractivity contribution is -0.114. The Balaban J connectivity index is 2.80. The topological polar surface area (TPSA) is 49.4 Å². The molecule has 0 saturated carbocycles. The SMILES string of the molecule is CC(=O)Nc1ccc(C(=O)N(C)[C@@H](C)C(C)C)cc1. The quantitative estimate of drug-likeness (QED) is 0.907. The van der Waals surface area contributed by atoms with Crippen LogP contribution >= 0.6 is 0 Å². The number of benzene rings is 1. The predicted octanol–water partition coefficient (Wildman–Crippen LogP) is 2.76. The number of nitrogens with one attached hydrogen (secondary N) is 1. The van der Waals surface area contributed by atoms with E-state index in [2.05, 4.69) is 19.2 Å². The van der Waals surface area contributed by atoms with Gasteiger partial charge in [-0.05, 0) is 37.1 Å². The van der Waals surface area contributed by atoms with Crippen molar-refractivity contribution in [1.29, 1.82) is 0 Å². The van der Waals surface area contributed by atoms with Crippen LogP contribution in [0.1, 0.15) is 38.1 Å². The highest BCUT2D eigenvalue weighted by Crippen LogP contribution is 2.15. The molecule has 19 heavy (non-hydrogen) atoms. The number of carbonyl (C=O) groups is 2. The molecule has 1 atom stereocenters. The number of hydrogen-bond donors (Lipinski definition) is 1. The fraction of sp³-hybridized carbons (Fsp3) is 0.467. The van der Waals surface area contributed by atoms with Gasteiger partial charge >= 0.3 is 0 Å². The van der Waals surface area contributed by atoms with Gasteiger partial charge in [0.15, 0.2) is 0 Å². The van der Waals surface area contributed by atoms with Gasteiger partial charge in [0.1, 0.15) is 0 Å². The minimum Gasteiger partial charge on any atom is -0.339 e. The molecular weight excluding hydrogens is 240 g/mol. The number of rotatable bonds is 4. The van der Waals surface area contributed by atoms with Crippen molar-refractivity contribution >= 4 is 17.5 Å². The number of hydrogen-bond acceptors (Lipinski definition) is 2. The van der Waals surface area contributed by atoms with E-state index in [9.17, 15) is 9.59 Å². The lowest BCUT2D eigenvalue weighted by Gasteiger charge is -2.28. The molecule has 0 aliphatic carbocycles. The molecule has 0 fully saturated rings. The summed E-state index contributed by atoms with van der Waals surface area (Å²) in [6, 6.07) is 7.13. The van der Waals surface area contributed by atoms with E-state index in [1.807, 2.05) is 14.0 Å². The first kappa shape index (κ1) is 15.2. The maximum atomic E-state index is 12.3. The highest BCUT2D eigenvalue weighted by atomic mass is 16.2. The molecule has 4 nitrogen and oxygen atoms in total. The Morgan fingerprint density at radius 1 is 1.11 bits per heavy atom. The Hall–Kier alpha value is -1.84. The van der Waals surface area contributed by atoms with Crippen molar-refractivity contribution in [3.8, 4) is 0 Å². The first-order chi connectivity index (χ1) is 8.82. The Morgan fingerprint density at radius 2 is 1.63 bits per heavy atom. The molecule has 0 aliphatic heterocycles. The maximum absolute atomic E-state index is 12.3. The molecule has 0 unspecified atom stereocenters. The average Bonchev–Trinajstić information content (AvgIpc) is 2.36. The smallest absolute Gasteiger partial charge is 0.253 e. The number of nitrogens with zero attached hydrogens (tertiary/aromatic N) is 1. The number of amides is 2. The lowest BCUT2D eigenvalue weighted by atomic mass is 10.0. The van der Waals surface area contributed by atoms with Gasteiger partial charge in [-0.25, -0.2) is 0 Å². The van der Waals surface area contributed by atoms with Gasteiger partial charge in [-0.2, -0.15) is 0 Å². The number of carbonyl (C=O) groups excluding carboxylic acids is 2. The van der Waals surface area contributed by atoms with Crippen molar-refractivity contribution in [1.82, 2.24) is 4.90 Å². The molecule has 1 N–H and O–H groups in total. The van der Waals surface area contributed by atoms with Crippen molar-refractivity contribution < 1.29 is 9.59 Å². The van der Waals surface area contributed by atoms with Gasteiger partial charge in [0.05, 0.1) is 0 Å². The molecule has 0 aromatic heterocycles. The minimum absolute atomic E-state index is 0.00410. The van der Waals surface area contributed by atoms with E-state index >= 15 is 0 Å². The summed E-state index contributed by atoms with van der Waals surface area (Å²) < 4.78 is 0. The molecule has 2 amide bonds. The Bertz CT molecular complexity index is 452. The summed E-state index contributed by atoms with van der Waals surface area (Å²) in [6.07, 6.45) is 0. The van der Waals surface area contributed by atoms with E-state index < -0.39 is 0 Å². The fourth-order valence-corrected chi connectivity index (χ4v) is 1.74. The maximum Gasteiger partial charge on any atom is 0.253 e. The van der Waals surface area contributed by atoms with Crippen molar-refractivity contribution in [3.05, 3.63) is 29.8 Å². The highest BCUT2D eigenvalue weighted by molar-refractivity contribution is 5.95. The van der Waals surface area contributed by atoms with Gasteiger partial charge in [0.2, 0.25) is 5.91 Å². The molecule has 1 rings (SSSR count). The molecular formula is C15H22N2O2. The van der Waals surface area contributed by atoms with Crippen LogP contribution in [-0.2, 0) is 4.79 Å². The van der Waals surface area contributed by atoms with Gasteiger partial charge in [-0.15, -0.1) is 0 Å². The third-order valence-electron chi connectivity index (χ3n) is 3.35. The molecule has 4 heteroatoms. The van der Waals surface area contributed by atoms with Crippen LogP contribution in [0.5, 0.6) is 0 Å². The normalized spacial score (nSPS) is 12.1. The molecule has 1 aromatic carbocycles. The zero-order chi connectivity index (χ0) is 14.6. The van der Waals surface area contributed by atoms with Crippen LogP contribution in [0, 0.1) is 5.92 Å². The van der Waals surface area contributed by atoms with Crippen LogP contribution in [0.4, 0.5) is 5.69 Å². The van der Waals surface area contributed by atoms with Crippen molar-refractivity contribution in [2.75, 3.05) is 12.4 Å². The van der Waals surface area contributed by atoms with Crippen LogP contribution in [0.25, 0.3) is 0 Å². The summed E-state index contributed by atoms with van der Waals surface area (Å²) in [5.41, 5.74) is 1.33. The Morgan fingerprint density at radius 3 is 2.05 bits per heavy atom. The second-order valence-corrected chi connectivity index (χ2v) is 5.16. The Labute approximate surface area is 114 Å². The molecule has 0 radical (unpaired) electrons. The fourth-order valence-electron chi connectivity index (χ4n) is 1.74. The molecule has 0 aliphatic rings. The summed E-state index contributed by atoms with van der Waals surface area (Å²) >= 11 is 0. The summed E-state index contributed by atoms with van der Waals surface area (Å²) in [6.45, 7) is 7.67. The summed E-state index contributed by atoms with van der Waals surface area (Å²) in [4.78, 5) is 24.9. The van der Waals surface area contributed by atoms with E-state index in [-0.39, 0.29) is 17.9 Å². The van der Waals surface area contributed by atoms with Crippen LogP contribution in [0.2, 0.25) is 0 Å². The van der Waals surface area contributed by atoms with E-state index in [1.165, 1.54) is 6.92 Å². The number of anilines is 1. The third kappa shape index (κ3) is 4.09. The van der Waals surface area contributed by atoms with Gasteiger partial charge in [-0.1, -0.05) is 13.8 Å². The second-order valence-electron chi connectivity index (χ2n) is 5.16. The molecule has 0 saturated heterocycles. The monoisotopic (exact) mass is 262 g/mol. The van der Waals surface area contributed by atoms with Gasteiger partial charge in [0, 0.05) is 31.3 Å². The van der Waals surface area contributed by atoms with E-state index in [0.29, 0.717) is 17.2 Å². The zero-order valence-corrected chi connectivity index (χ0v) is 12.2. The molecule has 0 heterocycles. The van der Waals surface area contributed by atoms with Crippen LogP contribution in [-0.4, -0.2) is 29.8 Å². The highest BCUT2D eigenvalue weighted by Gasteiger charge is 2.19. The van der Waals surface area contributed by atoms with Crippen LogP contribution in [0.3, 0.4) is 0 Å². The van der Waals surface area contributed by atoms with E-state index in [4.69, 9.17) is 0 Å². The van der Waals surface area contributed by atoms with Crippen molar-refractivity contribution in [3.63, 3.8) is 0 Å². The van der Waals surface area contributed by atoms with Gasteiger partial charge in [0.25, 0.3) is 5.91 Å². The first-order valence-electron chi connectivity index (χ1n) is 6.47. The van der Waals surface area contributed by atoms with Crippen LogP contribution < -0.4 is 5.32 Å². The van der Waals surface area contributed by atoms with Crippen molar-refractivity contribution in [2.45, 2.75) is 33.7 Å². The van der Waals surface area contributed by atoms with Gasteiger partial charge in [-0.3, -0.25) is 9.59 Å². The molecule has 104 valence electrons. The molecule has 0 bridgehead atoms. The third-order valence-corrected chi connectivity index (χ3v) is 3.35. The zero-order valence-electron chi connectivity index (χ0n) is 12.2. The van der Waals surface area contributed by atoms with Crippen LogP contribution in [0.15, 0.2) is 24.3 Å². The van der Waals surface area contributed by atoms with Gasteiger partial charge < -0.3 is 10.2 Å². The molecule has 0 spiro atoms. The standard InChI is InChI=1S/C15H22N2O2/c1-10(2)11(3)17(5)15(19)13-6-8-14(9-7-13)16-12(4)18/h6-11H,1-5H3,(H,16,18)/t11-/m0/s1. The largest absolute Gasteiger partial charge is 0.339 e.